The topological polar surface area (TPSA) is 21.3 Å². The molecule has 2 atom stereocenters. The summed E-state index contributed by atoms with van der Waals surface area (Å²) in [4.78, 5) is 0. The van der Waals surface area contributed by atoms with Crippen LogP contribution >= 0.6 is 0 Å². The van der Waals surface area contributed by atoms with Crippen molar-refractivity contribution in [1.29, 1.82) is 0 Å². The zero-order chi connectivity index (χ0) is 14.7. The van der Waals surface area contributed by atoms with Gasteiger partial charge in [0.05, 0.1) is 6.61 Å². The molecular weight excluding hydrogens is 258 g/mol. The van der Waals surface area contributed by atoms with Crippen molar-refractivity contribution in [3.05, 3.63) is 65.2 Å². The highest BCUT2D eigenvalue weighted by atomic mass is 16.5. The van der Waals surface area contributed by atoms with Crippen molar-refractivity contribution in [2.75, 3.05) is 13.7 Å². The molecule has 2 unspecified atom stereocenters. The van der Waals surface area contributed by atoms with Gasteiger partial charge in [-0.05, 0) is 61.6 Å². The van der Waals surface area contributed by atoms with E-state index in [0.717, 1.165) is 12.2 Å². The molecule has 0 aromatic heterocycles. The Balaban J connectivity index is 1.68. The van der Waals surface area contributed by atoms with E-state index >= 15 is 0 Å². The second-order valence-corrected chi connectivity index (χ2v) is 5.68. The highest BCUT2D eigenvalue weighted by Crippen LogP contribution is 2.40. The van der Waals surface area contributed by atoms with Crippen LogP contribution in [0.2, 0.25) is 0 Å². The summed E-state index contributed by atoms with van der Waals surface area (Å²) < 4.78 is 5.51. The van der Waals surface area contributed by atoms with Gasteiger partial charge in [-0.25, -0.2) is 0 Å². The summed E-state index contributed by atoms with van der Waals surface area (Å²) in [6.07, 6.45) is 2.37. The molecule has 0 amide bonds. The Morgan fingerprint density at radius 3 is 2.57 bits per heavy atom. The van der Waals surface area contributed by atoms with Crippen molar-refractivity contribution in [2.45, 2.75) is 31.7 Å². The van der Waals surface area contributed by atoms with Crippen LogP contribution in [-0.2, 0) is 6.42 Å². The summed E-state index contributed by atoms with van der Waals surface area (Å²) in [5.41, 5.74) is 4.39. The molecule has 0 radical (unpaired) electrons. The van der Waals surface area contributed by atoms with Crippen LogP contribution in [-0.4, -0.2) is 13.7 Å². The van der Waals surface area contributed by atoms with Gasteiger partial charge in [-0.3, -0.25) is 0 Å². The predicted molar refractivity (Wildman–Crippen MR) is 86.9 cm³/mol. The van der Waals surface area contributed by atoms with Crippen LogP contribution in [0.3, 0.4) is 0 Å². The SMILES string of the molecule is CCOc1ccc(C(CC2Cc3ccccc32)NC)cc1. The third-order valence-corrected chi connectivity index (χ3v) is 4.42. The first kappa shape index (κ1) is 14.2. The van der Waals surface area contributed by atoms with Gasteiger partial charge in [0.1, 0.15) is 5.75 Å². The Morgan fingerprint density at radius 2 is 1.90 bits per heavy atom. The first-order chi connectivity index (χ1) is 10.3. The lowest BCUT2D eigenvalue weighted by molar-refractivity contribution is 0.340. The van der Waals surface area contributed by atoms with Crippen LogP contribution in [0.5, 0.6) is 5.75 Å². The standard InChI is InChI=1S/C19H23NO/c1-3-21-17-10-8-14(9-11-17)19(20-2)13-16-12-15-6-4-5-7-18(15)16/h4-11,16,19-20H,3,12-13H2,1-2H3. The van der Waals surface area contributed by atoms with Crippen LogP contribution in [0.15, 0.2) is 48.5 Å². The minimum Gasteiger partial charge on any atom is -0.494 e. The van der Waals surface area contributed by atoms with Gasteiger partial charge >= 0.3 is 0 Å². The van der Waals surface area contributed by atoms with Crippen LogP contribution in [0.4, 0.5) is 0 Å². The van der Waals surface area contributed by atoms with Crippen molar-refractivity contribution in [2.24, 2.45) is 0 Å². The molecule has 2 aromatic rings. The molecule has 1 aliphatic rings. The Morgan fingerprint density at radius 1 is 1.14 bits per heavy atom. The molecule has 0 bridgehead atoms. The smallest absolute Gasteiger partial charge is 0.119 e. The van der Waals surface area contributed by atoms with E-state index in [-0.39, 0.29) is 0 Å². The minimum absolute atomic E-state index is 0.402. The molecule has 110 valence electrons. The van der Waals surface area contributed by atoms with Gasteiger partial charge in [0, 0.05) is 6.04 Å². The van der Waals surface area contributed by atoms with Gasteiger partial charge in [0.25, 0.3) is 0 Å². The Hall–Kier alpha value is -1.80. The summed E-state index contributed by atoms with van der Waals surface area (Å²) in [6.45, 7) is 2.73. The van der Waals surface area contributed by atoms with Gasteiger partial charge in [0.2, 0.25) is 0 Å². The van der Waals surface area contributed by atoms with Gasteiger partial charge in [-0.1, -0.05) is 36.4 Å². The predicted octanol–water partition coefficient (Wildman–Crippen LogP) is 4.08. The number of hydrogen-bond acceptors (Lipinski definition) is 2. The molecule has 0 aliphatic heterocycles. The number of rotatable bonds is 6. The van der Waals surface area contributed by atoms with E-state index in [4.69, 9.17) is 4.74 Å². The van der Waals surface area contributed by atoms with Crippen molar-refractivity contribution in [3.63, 3.8) is 0 Å². The molecule has 0 fully saturated rings. The fourth-order valence-corrected chi connectivity index (χ4v) is 3.24. The highest BCUT2D eigenvalue weighted by Gasteiger charge is 2.28. The lowest BCUT2D eigenvalue weighted by atomic mass is 9.74. The van der Waals surface area contributed by atoms with Gasteiger partial charge in [-0.15, -0.1) is 0 Å². The summed E-state index contributed by atoms with van der Waals surface area (Å²) in [5, 5.41) is 3.46. The zero-order valence-corrected chi connectivity index (χ0v) is 12.8. The van der Waals surface area contributed by atoms with E-state index < -0.39 is 0 Å². The molecule has 0 saturated carbocycles. The highest BCUT2D eigenvalue weighted by molar-refractivity contribution is 5.40. The van der Waals surface area contributed by atoms with E-state index in [0.29, 0.717) is 18.6 Å². The molecule has 1 N–H and O–H groups in total. The monoisotopic (exact) mass is 281 g/mol. The van der Waals surface area contributed by atoms with Gasteiger partial charge in [0.15, 0.2) is 0 Å². The number of fused-ring (bicyclic) bond motifs is 1. The maximum absolute atomic E-state index is 5.51. The molecule has 1 aliphatic carbocycles. The maximum Gasteiger partial charge on any atom is 0.119 e. The first-order valence-electron chi connectivity index (χ1n) is 7.79. The largest absolute Gasteiger partial charge is 0.494 e. The lowest BCUT2D eigenvalue weighted by Gasteiger charge is -2.33. The van der Waals surface area contributed by atoms with Crippen LogP contribution in [0.1, 0.15) is 42.0 Å². The van der Waals surface area contributed by atoms with Crippen molar-refractivity contribution < 1.29 is 4.74 Å². The van der Waals surface area contributed by atoms with E-state index in [1.54, 1.807) is 0 Å². The Bertz CT molecular complexity index is 591. The van der Waals surface area contributed by atoms with Crippen LogP contribution in [0, 0.1) is 0 Å². The number of nitrogens with one attached hydrogen (secondary N) is 1. The second-order valence-electron chi connectivity index (χ2n) is 5.68. The van der Waals surface area contributed by atoms with Gasteiger partial charge in [-0.2, -0.15) is 0 Å². The van der Waals surface area contributed by atoms with E-state index in [9.17, 15) is 0 Å². The molecule has 2 aromatic carbocycles. The Labute approximate surface area is 127 Å². The third kappa shape index (κ3) is 2.96. The Kier molecular flexibility index (Phi) is 4.26. The quantitative estimate of drug-likeness (QED) is 0.861. The molecule has 0 saturated heterocycles. The van der Waals surface area contributed by atoms with Crippen LogP contribution in [0.25, 0.3) is 0 Å². The normalized spacial score (nSPS) is 17.7. The van der Waals surface area contributed by atoms with Crippen molar-refractivity contribution in [3.8, 4) is 5.75 Å². The lowest BCUT2D eigenvalue weighted by Crippen LogP contribution is -2.24. The molecule has 2 nitrogen and oxygen atoms in total. The average Bonchev–Trinajstić information content (AvgIpc) is 2.50. The van der Waals surface area contributed by atoms with E-state index in [2.05, 4.69) is 53.8 Å². The van der Waals surface area contributed by atoms with Crippen molar-refractivity contribution >= 4 is 0 Å². The molecular formula is C19H23NO. The van der Waals surface area contributed by atoms with E-state index in [1.807, 2.05) is 14.0 Å². The molecule has 3 rings (SSSR count). The third-order valence-electron chi connectivity index (χ3n) is 4.42. The average molecular weight is 281 g/mol. The number of hydrogen-bond donors (Lipinski definition) is 1. The number of benzene rings is 2. The molecule has 0 spiro atoms. The summed E-state index contributed by atoms with van der Waals surface area (Å²) in [5.74, 6) is 1.63. The van der Waals surface area contributed by atoms with E-state index in [1.165, 1.54) is 23.1 Å². The fraction of sp³-hybridized carbons (Fsp3) is 0.368. The zero-order valence-electron chi connectivity index (χ0n) is 12.8. The van der Waals surface area contributed by atoms with Gasteiger partial charge < -0.3 is 10.1 Å². The van der Waals surface area contributed by atoms with Crippen molar-refractivity contribution in [1.82, 2.24) is 5.32 Å². The second kappa shape index (κ2) is 6.31. The summed E-state index contributed by atoms with van der Waals surface area (Å²) >= 11 is 0. The van der Waals surface area contributed by atoms with Crippen LogP contribution < -0.4 is 10.1 Å². The number of ether oxygens (including phenoxy) is 1. The molecule has 21 heavy (non-hydrogen) atoms. The first-order valence-corrected chi connectivity index (χ1v) is 7.79. The summed E-state index contributed by atoms with van der Waals surface area (Å²) in [6, 6.07) is 17.7. The summed E-state index contributed by atoms with van der Waals surface area (Å²) in [7, 11) is 2.05. The molecule has 2 heteroatoms. The molecule has 0 heterocycles. The maximum atomic E-state index is 5.51. The minimum atomic E-state index is 0.402. The fourth-order valence-electron chi connectivity index (χ4n) is 3.24.